The molecule has 0 aromatic carbocycles. The number of hydrogen-bond acceptors (Lipinski definition) is 8. The summed E-state index contributed by atoms with van der Waals surface area (Å²) in [6.07, 6.45) is 19.1. The molecule has 6 N–H and O–H groups in total. The topological polar surface area (TPSA) is 193 Å². The Labute approximate surface area is 340 Å². The second-order valence-electron chi connectivity index (χ2n) is 18.6. The van der Waals surface area contributed by atoms with Crippen molar-refractivity contribution < 1.29 is 37.1 Å². The highest BCUT2D eigenvalue weighted by atomic mass is 32.2. The number of sulfone groups is 1. The monoisotopic (exact) mass is 821 g/mol. The van der Waals surface area contributed by atoms with E-state index in [-0.39, 0.29) is 84.5 Å². The van der Waals surface area contributed by atoms with Crippen LogP contribution in [-0.4, -0.2) is 91.6 Å². The number of carbonyl (C=O) groups is 4. The predicted octanol–water partition coefficient (Wildman–Crippen LogP) is 6.85. The summed E-state index contributed by atoms with van der Waals surface area (Å²) in [5.41, 5.74) is 0. The minimum absolute atomic E-state index is 0.00843. The van der Waals surface area contributed by atoms with Gasteiger partial charge in [0.25, 0.3) is 0 Å². The van der Waals surface area contributed by atoms with Crippen molar-refractivity contribution in [3.05, 3.63) is 0 Å². The molecule has 0 aromatic heterocycles. The molecule has 6 amide bonds. The Balaban J connectivity index is 0.919. The second-order valence-corrected chi connectivity index (χ2v) is 21.1. The van der Waals surface area contributed by atoms with E-state index in [1.165, 1.54) is 12.8 Å². The molecule has 6 aliphatic carbocycles. The normalized spacial score (nSPS) is 34.5. The molecule has 324 valence electrons. The lowest BCUT2D eigenvalue weighted by Crippen LogP contribution is -2.54. The number of amides is 6. The largest absolute Gasteiger partial charge is 0.446 e. The molecule has 0 heterocycles. The summed E-state index contributed by atoms with van der Waals surface area (Å²) in [6.45, 7) is 4.23. The van der Waals surface area contributed by atoms with Gasteiger partial charge in [-0.1, -0.05) is 39.5 Å². The molecule has 0 saturated heterocycles. The highest BCUT2D eigenvalue weighted by molar-refractivity contribution is 7.92. The van der Waals surface area contributed by atoms with Gasteiger partial charge in [-0.15, -0.1) is 0 Å². The van der Waals surface area contributed by atoms with Crippen molar-refractivity contribution in [2.75, 3.05) is 0 Å². The first kappa shape index (κ1) is 43.6. The Morgan fingerprint density at radius 3 is 1.32 bits per heavy atom. The van der Waals surface area contributed by atoms with E-state index in [9.17, 15) is 27.6 Å². The zero-order valence-electron chi connectivity index (χ0n) is 34.6. The number of carbonyl (C=O) groups excluding carboxylic acids is 4. The van der Waals surface area contributed by atoms with Crippen LogP contribution in [0.3, 0.4) is 0 Å². The molecule has 0 aromatic rings. The lowest BCUT2D eigenvalue weighted by atomic mass is 9.83. The molecule has 0 spiro atoms. The van der Waals surface area contributed by atoms with Crippen molar-refractivity contribution in [3.8, 4) is 0 Å². The van der Waals surface area contributed by atoms with Crippen LogP contribution in [0.5, 0.6) is 0 Å². The molecule has 0 bridgehead atoms. The van der Waals surface area contributed by atoms with E-state index in [4.69, 9.17) is 9.47 Å². The molecule has 6 rings (SSSR count). The van der Waals surface area contributed by atoms with Crippen molar-refractivity contribution in [2.45, 2.75) is 227 Å². The molecule has 6 aliphatic rings. The van der Waals surface area contributed by atoms with Crippen LogP contribution < -0.4 is 31.9 Å². The Hall–Kier alpha value is -2.97. The van der Waals surface area contributed by atoms with Gasteiger partial charge in [0.2, 0.25) is 0 Å². The van der Waals surface area contributed by atoms with Crippen LogP contribution in [0.25, 0.3) is 0 Å². The van der Waals surface area contributed by atoms with E-state index in [2.05, 4.69) is 45.7 Å². The standard InChI is InChI=1S/C42H72N6O8S/c1-27-20-22-32(46-41(51)55-33-13-5-3-6-14-33)26-37(27)47-40(50)44-30-12-10-18-36(24-30)57(53,54)35-17-9-11-29(23-35)43-39(49)45-31-21-19-28(2)38(25-31)48-42(52)56-34-15-7-4-8-16-34/h27-38H,3-26H2,1-2H3,(H,46,51)(H,48,52)(H2,43,45,49)(H2,44,47,50). The third-order valence-electron chi connectivity index (χ3n) is 14.2. The average molecular weight is 821 g/mol. The van der Waals surface area contributed by atoms with Crippen LogP contribution in [0.1, 0.15) is 168 Å². The van der Waals surface area contributed by atoms with E-state index >= 15 is 0 Å². The Morgan fingerprint density at radius 2 is 0.825 bits per heavy atom. The van der Waals surface area contributed by atoms with Crippen LogP contribution in [0.15, 0.2) is 0 Å². The third-order valence-corrected chi connectivity index (χ3v) is 16.9. The van der Waals surface area contributed by atoms with Crippen molar-refractivity contribution in [3.63, 3.8) is 0 Å². The summed E-state index contributed by atoms with van der Waals surface area (Å²) in [5.74, 6) is 0.526. The number of alkyl carbamates (subject to hydrolysis) is 2. The third kappa shape index (κ3) is 13.0. The van der Waals surface area contributed by atoms with Gasteiger partial charge in [0, 0.05) is 36.3 Å². The fourth-order valence-electron chi connectivity index (χ4n) is 10.6. The van der Waals surface area contributed by atoms with Gasteiger partial charge in [-0.2, -0.15) is 0 Å². The van der Waals surface area contributed by atoms with Gasteiger partial charge in [-0.3, -0.25) is 0 Å². The zero-order valence-corrected chi connectivity index (χ0v) is 35.4. The summed E-state index contributed by atoms with van der Waals surface area (Å²) in [5, 5.41) is 17.4. The molecule has 15 heteroatoms. The van der Waals surface area contributed by atoms with Gasteiger partial charge in [-0.05, 0) is 140 Å². The number of ether oxygens (including phenoxy) is 2. The van der Waals surface area contributed by atoms with E-state index < -0.39 is 20.3 Å². The van der Waals surface area contributed by atoms with Gasteiger partial charge < -0.3 is 41.4 Å². The van der Waals surface area contributed by atoms with E-state index in [0.29, 0.717) is 38.5 Å². The van der Waals surface area contributed by atoms with Gasteiger partial charge in [0.1, 0.15) is 12.2 Å². The highest BCUT2D eigenvalue weighted by Crippen LogP contribution is 2.34. The SMILES string of the molecule is CC1CCC(NC(=O)OC2CCCCC2)CC1NC(=O)NC1CCCC(S(=O)(=O)C2CCCC(NC(=O)NC3CCC(C)C(NC(=O)OC4CCCCC4)C3)C2)C1. The van der Waals surface area contributed by atoms with Crippen LogP contribution >= 0.6 is 0 Å². The highest BCUT2D eigenvalue weighted by Gasteiger charge is 2.41. The summed E-state index contributed by atoms with van der Waals surface area (Å²) in [6, 6.07) is -1.43. The predicted molar refractivity (Wildman–Crippen MR) is 219 cm³/mol. The Morgan fingerprint density at radius 1 is 0.421 bits per heavy atom. The maximum atomic E-state index is 14.1. The first-order chi connectivity index (χ1) is 27.4. The molecule has 57 heavy (non-hydrogen) atoms. The van der Waals surface area contributed by atoms with Crippen LogP contribution in [0, 0.1) is 11.8 Å². The van der Waals surface area contributed by atoms with Crippen molar-refractivity contribution in [2.24, 2.45) is 11.8 Å². The van der Waals surface area contributed by atoms with Crippen LogP contribution in [0.2, 0.25) is 0 Å². The second kappa shape index (κ2) is 20.8. The zero-order chi connectivity index (χ0) is 40.4. The fraction of sp³-hybridized carbons (Fsp3) is 0.905. The molecule has 6 fully saturated rings. The molecule has 14 nitrogen and oxygen atoms in total. The first-order valence-corrected chi connectivity index (χ1v) is 24.3. The minimum atomic E-state index is -3.50. The number of rotatable bonds is 10. The first-order valence-electron chi connectivity index (χ1n) is 22.7. The molecule has 0 aliphatic heterocycles. The van der Waals surface area contributed by atoms with E-state index in [0.717, 1.165) is 103 Å². The molecule has 10 atom stereocenters. The van der Waals surface area contributed by atoms with Gasteiger partial charge >= 0.3 is 24.2 Å². The molecular weight excluding hydrogens is 749 g/mol. The summed E-state index contributed by atoms with van der Waals surface area (Å²) >= 11 is 0. The Bertz CT molecular complexity index is 1460. The lowest BCUT2D eigenvalue weighted by molar-refractivity contribution is 0.0680. The number of urea groups is 2. The van der Waals surface area contributed by atoms with Crippen molar-refractivity contribution in [1.82, 2.24) is 31.9 Å². The van der Waals surface area contributed by atoms with Crippen LogP contribution in [-0.2, 0) is 19.3 Å². The Kier molecular flexibility index (Phi) is 15.9. The average Bonchev–Trinajstić information content (AvgIpc) is 3.18. The van der Waals surface area contributed by atoms with Gasteiger partial charge in [0.05, 0.1) is 10.5 Å². The molecule has 6 saturated carbocycles. The van der Waals surface area contributed by atoms with Crippen molar-refractivity contribution >= 4 is 34.1 Å². The summed E-state index contributed by atoms with van der Waals surface area (Å²) < 4.78 is 39.5. The maximum absolute atomic E-state index is 14.1. The number of hydrogen-bond donors (Lipinski definition) is 6. The molecule has 0 radical (unpaired) electrons. The van der Waals surface area contributed by atoms with Gasteiger partial charge in [0.15, 0.2) is 9.84 Å². The quantitative estimate of drug-likeness (QED) is 0.138. The summed E-state index contributed by atoms with van der Waals surface area (Å²) in [7, 11) is -3.50. The van der Waals surface area contributed by atoms with Gasteiger partial charge in [-0.25, -0.2) is 27.6 Å². The van der Waals surface area contributed by atoms with Crippen molar-refractivity contribution in [1.29, 1.82) is 0 Å². The maximum Gasteiger partial charge on any atom is 0.407 e. The van der Waals surface area contributed by atoms with E-state index in [1.54, 1.807) is 0 Å². The lowest BCUT2D eigenvalue weighted by Gasteiger charge is -2.37. The molecule has 10 unspecified atom stereocenters. The minimum Gasteiger partial charge on any atom is -0.446 e. The molecular formula is C42H72N6O8S. The smallest absolute Gasteiger partial charge is 0.407 e. The van der Waals surface area contributed by atoms with E-state index in [1.807, 2.05) is 0 Å². The number of nitrogens with one attached hydrogen (secondary N) is 6. The fourth-order valence-corrected chi connectivity index (χ4v) is 13.1. The van der Waals surface area contributed by atoms with Crippen LogP contribution in [0.4, 0.5) is 19.2 Å². The summed E-state index contributed by atoms with van der Waals surface area (Å²) in [4.78, 5) is 51.7.